The zero-order valence-electron chi connectivity index (χ0n) is 14.9. The molecule has 0 radical (unpaired) electrons. The highest BCUT2D eigenvalue weighted by Gasteiger charge is 2.34. The number of nitrogens with one attached hydrogen (secondary N) is 2. The highest BCUT2D eigenvalue weighted by Crippen LogP contribution is 2.35. The Labute approximate surface area is 171 Å². The predicted octanol–water partition coefficient (Wildman–Crippen LogP) is 4.69. The average molecular weight is 415 g/mol. The molecule has 3 aromatic rings. The fourth-order valence-electron chi connectivity index (χ4n) is 3.24. The van der Waals surface area contributed by atoms with E-state index in [0.29, 0.717) is 27.2 Å². The first kappa shape index (κ1) is 18.5. The molecule has 28 heavy (non-hydrogen) atoms. The predicted molar refractivity (Wildman–Crippen MR) is 110 cm³/mol. The van der Waals surface area contributed by atoms with Gasteiger partial charge in [0.1, 0.15) is 11.9 Å². The number of carbonyl (C=O) groups is 2. The van der Waals surface area contributed by atoms with E-state index in [-0.39, 0.29) is 18.2 Å². The van der Waals surface area contributed by atoms with Crippen LogP contribution < -0.4 is 10.6 Å². The largest absolute Gasteiger partial charge is 0.324 e. The van der Waals surface area contributed by atoms with Crippen molar-refractivity contribution in [1.29, 1.82) is 0 Å². The standard InChI is InChI=1S/C20H16Cl2N4O2/c1-11-18(12-4-2-5-13(21)8-12)25-26-16(10-17(27)24-19(11)26)20(28)23-15-7-3-6-14(22)9-15/h2-9,16H,10H2,1H3,(H,23,28)(H,24,27)/t16-/m1/s1. The molecule has 0 bridgehead atoms. The molecular weight excluding hydrogens is 399 g/mol. The number of benzene rings is 2. The number of nitrogens with zero attached hydrogens (tertiary/aromatic N) is 2. The first-order valence-electron chi connectivity index (χ1n) is 8.63. The average Bonchev–Trinajstić information content (AvgIpc) is 2.98. The van der Waals surface area contributed by atoms with Crippen LogP contribution in [0, 0.1) is 6.92 Å². The van der Waals surface area contributed by atoms with Gasteiger partial charge in [0.05, 0.1) is 12.1 Å². The van der Waals surface area contributed by atoms with Gasteiger partial charge < -0.3 is 10.6 Å². The van der Waals surface area contributed by atoms with E-state index in [1.165, 1.54) is 0 Å². The first-order chi connectivity index (χ1) is 13.4. The van der Waals surface area contributed by atoms with Crippen molar-refractivity contribution in [3.05, 3.63) is 64.1 Å². The highest BCUT2D eigenvalue weighted by molar-refractivity contribution is 6.31. The summed E-state index contributed by atoms with van der Waals surface area (Å²) in [7, 11) is 0. The minimum atomic E-state index is -0.769. The second-order valence-corrected chi connectivity index (χ2v) is 7.42. The fourth-order valence-corrected chi connectivity index (χ4v) is 3.62. The summed E-state index contributed by atoms with van der Waals surface area (Å²) in [5.74, 6) is -0.0598. The van der Waals surface area contributed by atoms with E-state index in [0.717, 1.165) is 11.1 Å². The topological polar surface area (TPSA) is 76.0 Å². The van der Waals surface area contributed by atoms with Crippen molar-refractivity contribution in [3.8, 4) is 11.3 Å². The molecule has 1 aliphatic heterocycles. The fraction of sp³-hybridized carbons (Fsp3) is 0.150. The molecule has 142 valence electrons. The molecular formula is C20H16Cl2N4O2. The lowest BCUT2D eigenvalue weighted by atomic mass is 10.1. The zero-order chi connectivity index (χ0) is 19.8. The molecule has 0 unspecified atom stereocenters. The molecule has 2 amide bonds. The smallest absolute Gasteiger partial charge is 0.249 e. The quantitative estimate of drug-likeness (QED) is 0.652. The maximum Gasteiger partial charge on any atom is 0.249 e. The van der Waals surface area contributed by atoms with Gasteiger partial charge in [-0.2, -0.15) is 5.10 Å². The highest BCUT2D eigenvalue weighted by atomic mass is 35.5. The van der Waals surface area contributed by atoms with Crippen molar-refractivity contribution in [3.63, 3.8) is 0 Å². The molecule has 1 aromatic heterocycles. The van der Waals surface area contributed by atoms with Crippen LogP contribution in [0.4, 0.5) is 11.5 Å². The van der Waals surface area contributed by atoms with Crippen molar-refractivity contribution in [2.75, 3.05) is 10.6 Å². The minimum Gasteiger partial charge on any atom is -0.324 e. The molecule has 2 N–H and O–H groups in total. The Morgan fingerprint density at radius 1 is 1.18 bits per heavy atom. The molecule has 0 aliphatic carbocycles. The maximum absolute atomic E-state index is 12.9. The number of amides is 2. The number of aromatic nitrogens is 2. The van der Waals surface area contributed by atoms with Crippen LogP contribution in [0.15, 0.2) is 48.5 Å². The van der Waals surface area contributed by atoms with Crippen LogP contribution in [-0.2, 0) is 9.59 Å². The Morgan fingerprint density at radius 3 is 2.61 bits per heavy atom. The van der Waals surface area contributed by atoms with E-state index >= 15 is 0 Å². The summed E-state index contributed by atoms with van der Waals surface area (Å²) in [5, 5.41) is 11.3. The second-order valence-electron chi connectivity index (χ2n) is 6.54. The van der Waals surface area contributed by atoms with Crippen LogP contribution in [0.2, 0.25) is 10.0 Å². The van der Waals surface area contributed by atoms with Crippen LogP contribution in [0.25, 0.3) is 11.3 Å². The Kier molecular flexibility index (Phi) is 4.83. The van der Waals surface area contributed by atoms with Gasteiger partial charge in [-0.3, -0.25) is 9.59 Å². The lowest BCUT2D eigenvalue weighted by Crippen LogP contribution is -2.35. The van der Waals surface area contributed by atoms with Crippen LogP contribution in [-0.4, -0.2) is 21.6 Å². The number of rotatable bonds is 3. The lowest BCUT2D eigenvalue weighted by Gasteiger charge is -2.24. The van der Waals surface area contributed by atoms with E-state index in [2.05, 4.69) is 15.7 Å². The summed E-state index contributed by atoms with van der Waals surface area (Å²) < 4.78 is 1.56. The molecule has 2 heterocycles. The summed E-state index contributed by atoms with van der Waals surface area (Å²) in [6.45, 7) is 1.85. The van der Waals surface area contributed by atoms with E-state index in [4.69, 9.17) is 23.2 Å². The molecule has 1 atom stereocenters. The van der Waals surface area contributed by atoms with E-state index in [9.17, 15) is 9.59 Å². The van der Waals surface area contributed by atoms with Gasteiger partial charge in [0.2, 0.25) is 11.8 Å². The van der Waals surface area contributed by atoms with Gasteiger partial charge in [-0.05, 0) is 37.3 Å². The summed E-state index contributed by atoms with van der Waals surface area (Å²) in [5.41, 5.74) is 2.82. The van der Waals surface area contributed by atoms with Crippen molar-refractivity contribution in [2.45, 2.75) is 19.4 Å². The third-order valence-corrected chi connectivity index (χ3v) is 5.04. The Morgan fingerprint density at radius 2 is 1.89 bits per heavy atom. The van der Waals surface area contributed by atoms with Crippen LogP contribution in [0.1, 0.15) is 18.0 Å². The van der Waals surface area contributed by atoms with Gasteiger partial charge in [0.15, 0.2) is 0 Å². The third-order valence-electron chi connectivity index (χ3n) is 4.57. The monoisotopic (exact) mass is 414 g/mol. The molecule has 8 heteroatoms. The SMILES string of the molecule is Cc1c(-c2cccc(Cl)c2)nn2c1NC(=O)C[C@@H]2C(=O)Nc1cccc(Cl)c1. The van der Waals surface area contributed by atoms with Gasteiger partial charge in [-0.1, -0.05) is 41.4 Å². The summed E-state index contributed by atoms with van der Waals surface area (Å²) in [6.07, 6.45) is -0.00446. The number of hydrogen-bond donors (Lipinski definition) is 2. The van der Waals surface area contributed by atoms with Crippen molar-refractivity contribution < 1.29 is 9.59 Å². The molecule has 1 aliphatic rings. The lowest BCUT2D eigenvalue weighted by molar-refractivity contribution is -0.125. The molecule has 0 spiro atoms. The molecule has 0 fully saturated rings. The van der Waals surface area contributed by atoms with E-state index < -0.39 is 6.04 Å². The Hall–Kier alpha value is -2.83. The number of anilines is 2. The minimum absolute atomic E-state index is 0.00446. The van der Waals surface area contributed by atoms with Crippen LogP contribution in [0.5, 0.6) is 0 Å². The maximum atomic E-state index is 12.9. The Bertz CT molecular complexity index is 1090. The molecule has 6 nitrogen and oxygen atoms in total. The van der Waals surface area contributed by atoms with Crippen molar-refractivity contribution >= 4 is 46.5 Å². The number of fused-ring (bicyclic) bond motifs is 1. The summed E-state index contributed by atoms with van der Waals surface area (Å²) >= 11 is 12.1. The van der Waals surface area contributed by atoms with E-state index in [1.54, 1.807) is 41.1 Å². The summed E-state index contributed by atoms with van der Waals surface area (Å²) in [6, 6.07) is 13.4. The number of carbonyl (C=O) groups excluding carboxylic acids is 2. The van der Waals surface area contributed by atoms with Gasteiger partial charge >= 0.3 is 0 Å². The molecule has 2 aromatic carbocycles. The van der Waals surface area contributed by atoms with Crippen molar-refractivity contribution in [2.24, 2.45) is 0 Å². The Balaban J connectivity index is 1.71. The van der Waals surface area contributed by atoms with Gasteiger partial charge in [-0.15, -0.1) is 0 Å². The van der Waals surface area contributed by atoms with Gasteiger partial charge in [0, 0.05) is 26.9 Å². The molecule has 0 saturated carbocycles. The molecule has 0 saturated heterocycles. The van der Waals surface area contributed by atoms with Crippen LogP contribution in [0.3, 0.4) is 0 Å². The van der Waals surface area contributed by atoms with Gasteiger partial charge in [0.25, 0.3) is 0 Å². The molecule has 4 rings (SSSR count). The second kappa shape index (κ2) is 7.30. The number of hydrogen-bond acceptors (Lipinski definition) is 3. The normalized spacial score (nSPS) is 15.7. The zero-order valence-corrected chi connectivity index (χ0v) is 16.4. The number of halogens is 2. The van der Waals surface area contributed by atoms with E-state index in [1.807, 2.05) is 19.1 Å². The first-order valence-corrected chi connectivity index (χ1v) is 9.39. The summed E-state index contributed by atoms with van der Waals surface area (Å²) in [4.78, 5) is 25.1. The third kappa shape index (κ3) is 3.48. The van der Waals surface area contributed by atoms with Crippen LogP contribution >= 0.6 is 23.2 Å². The van der Waals surface area contributed by atoms with Gasteiger partial charge in [-0.25, -0.2) is 4.68 Å². The van der Waals surface area contributed by atoms with Crippen molar-refractivity contribution in [1.82, 2.24) is 9.78 Å².